The summed E-state index contributed by atoms with van der Waals surface area (Å²) in [5.74, 6) is -2.96. The lowest BCUT2D eigenvalue weighted by atomic mass is 10.1. The first-order valence-corrected chi connectivity index (χ1v) is 9.98. The highest BCUT2D eigenvalue weighted by atomic mass is 31.2. The van der Waals surface area contributed by atoms with Gasteiger partial charge in [-0.25, -0.2) is 13.3 Å². The summed E-state index contributed by atoms with van der Waals surface area (Å²) in [6, 6.07) is 5.59. The molecular formula is C17H16F2NO7P. The van der Waals surface area contributed by atoms with E-state index in [4.69, 9.17) is 18.3 Å². The van der Waals surface area contributed by atoms with Crippen molar-refractivity contribution in [3.8, 4) is 0 Å². The number of ether oxygens (including phenoxy) is 1. The zero-order chi connectivity index (χ0) is 19.9. The first-order chi connectivity index (χ1) is 13.3. The van der Waals surface area contributed by atoms with Gasteiger partial charge < -0.3 is 4.74 Å². The Morgan fingerprint density at radius 2 is 2.07 bits per heavy atom. The third-order valence-corrected chi connectivity index (χ3v) is 5.99. The molecule has 0 N–H and O–H groups in total. The van der Waals surface area contributed by atoms with Crippen molar-refractivity contribution < 1.29 is 41.2 Å². The van der Waals surface area contributed by atoms with E-state index < -0.39 is 56.0 Å². The molecule has 2 saturated heterocycles. The van der Waals surface area contributed by atoms with Crippen molar-refractivity contribution in [3.63, 3.8) is 0 Å². The lowest BCUT2D eigenvalue weighted by Gasteiger charge is -2.30. The van der Waals surface area contributed by atoms with Crippen LogP contribution in [0.3, 0.4) is 0 Å². The number of amides is 1. The smallest absolute Gasteiger partial charge is 0.349 e. The van der Waals surface area contributed by atoms with E-state index in [2.05, 4.69) is 0 Å². The normalized spacial score (nSPS) is 33.0. The molecule has 1 aromatic rings. The van der Waals surface area contributed by atoms with Gasteiger partial charge in [-0.1, -0.05) is 12.1 Å². The van der Waals surface area contributed by atoms with E-state index in [1.54, 1.807) is 6.07 Å². The van der Waals surface area contributed by atoms with Crippen LogP contribution in [-0.2, 0) is 39.1 Å². The Kier molecular flexibility index (Phi) is 5.15. The van der Waals surface area contributed by atoms with Gasteiger partial charge in [0.15, 0.2) is 5.83 Å². The molecule has 3 heterocycles. The third kappa shape index (κ3) is 3.92. The number of phosphoric ester groups is 1. The van der Waals surface area contributed by atoms with E-state index in [-0.39, 0.29) is 19.6 Å². The largest absolute Gasteiger partial charge is 0.475 e. The lowest BCUT2D eigenvalue weighted by molar-refractivity contribution is -0.146. The second kappa shape index (κ2) is 7.46. The molecule has 0 aromatic heterocycles. The van der Waals surface area contributed by atoms with Crippen molar-refractivity contribution in [2.75, 3.05) is 6.61 Å². The summed E-state index contributed by atoms with van der Waals surface area (Å²) in [4.78, 5) is 24.2. The molecule has 4 rings (SSSR count). The Balaban J connectivity index is 1.40. The van der Waals surface area contributed by atoms with E-state index in [1.807, 2.05) is 0 Å². The number of carbonyl (C=O) groups excluding carboxylic acids is 2. The molecule has 1 aromatic carbocycles. The zero-order valence-corrected chi connectivity index (χ0v) is 15.3. The maximum Gasteiger partial charge on any atom is 0.475 e. The van der Waals surface area contributed by atoms with E-state index in [9.17, 15) is 22.9 Å². The van der Waals surface area contributed by atoms with Crippen LogP contribution in [0.4, 0.5) is 8.78 Å². The molecule has 3 aliphatic rings. The van der Waals surface area contributed by atoms with Gasteiger partial charge in [-0.15, -0.1) is 0 Å². The van der Waals surface area contributed by atoms with Crippen molar-refractivity contribution in [3.05, 3.63) is 47.7 Å². The van der Waals surface area contributed by atoms with Gasteiger partial charge in [0, 0.05) is 12.6 Å². The van der Waals surface area contributed by atoms with Gasteiger partial charge in [-0.3, -0.25) is 28.1 Å². The number of nitrogens with zero attached hydrogens (tertiary/aromatic N) is 1. The molecule has 0 spiro atoms. The predicted octanol–water partition coefficient (Wildman–Crippen LogP) is 2.59. The summed E-state index contributed by atoms with van der Waals surface area (Å²) in [5.41, 5.74) is 0.453. The first kappa shape index (κ1) is 19.4. The van der Waals surface area contributed by atoms with Crippen molar-refractivity contribution in [2.45, 2.75) is 37.9 Å². The van der Waals surface area contributed by atoms with E-state index in [1.165, 1.54) is 18.2 Å². The fourth-order valence-corrected chi connectivity index (χ4v) is 4.55. The van der Waals surface area contributed by atoms with Crippen LogP contribution >= 0.6 is 7.82 Å². The lowest BCUT2D eigenvalue weighted by Crippen LogP contribution is -2.40. The number of ketones is 1. The summed E-state index contributed by atoms with van der Waals surface area (Å²) in [7, 11) is -3.92. The van der Waals surface area contributed by atoms with Crippen LogP contribution in [0.2, 0.25) is 0 Å². The molecule has 0 radical (unpaired) electrons. The Bertz CT molecular complexity index is 892. The number of hydrogen-bond donors (Lipinski definition) is 0. The van der Waals surface area contributed by atoms with Crippen LogP contribution in [0, 0.1) is 5.82 Å². The van der Waals surface area contributed by atoms with Gasteiger partial charge in [0.05, 0.1) is 19.6 Å². The first-order valence-electron chi connectivity index (χ1n) is 8.52. The van der Waals surface area contributed by atoms with Crippen LogP contribution in [0.15, 0.2) is 36.3 Å². The molecule has 1 unspecified atom stereocenters. The third-order valence-electron chi connectivity index (χ3n) is 4.55. The average molecular weight is 415 g/mol. The number of Topliss-reactive ketones (excluding diaryl/α,β-unsaturated/α-hetero) is 1. The van der Waals surface area contributed by atoms with Gasteiger partial charge in [-0.2, -0.15) is 0 Å². The van der Waals surface area contributed by atoms with Gasteiger partial charge >= 0.3 is 7.82 Å². The van der Waals surface area contributed by atoms with Crippen LogP contribution in [-0.4, -0.2) is 41.6 Å². The van der Waals surface area contributed by atoms with Crippen molar-refractivity contribution in [1.29, 1.82) is 0 Å². The Labute approximate surface area is 158 Å². The van der Waals surface area contributed by atoms with Gasteiger partial charge in [0.25, 0.3) is 0 Å². The molecule has 1 amide bonds. The van der Waals surface area contributed by atoms with Crippen molar-refractivity contribution >= 4 is 19.5 Å². The maximum absolute atomic E-state index is 13.6. The fourth-order valence-electron chi connectivity index (χ4n) is 3.16. The number of carbonyl (C=O) groups is 2. The van der Waals surface area contributed by atoms with E-state index in [0.29, 0.717) is 5.56 Å². The minimum absolute atomic E-state index is 0.102. The van der Waals surface area contributed by atoms with Gasteiger partial charge in [0.1, 0.15) is 24.3 Å². The molecule has 28 heavy (non-hydrogen) atoms. The van der Waals surface area contributed by atoms with Gasteiger partial charge in [-0.05, 0) is 17.7 Å². The standard InChI is InChI=1S/C17H16F2NO7P/c18-11-3-1-2-10(4-11)8-24-28(23)25-9-15-14(27-28)6-17(26-15)20-7-12(19)13(21)5-16(20)22/h1-4,7,14-15,17H,5-6,8-9H2/t14-,15+,17+,28?/m0/s1. The number of phosphoric acid groups is 1. The van der Waals surface area contributed by atoms with Crippen molar-refractivity contribution in [2.24, 2.45) is 0 Å². The number of fused-ring (bicyclic) bond motifs is 1. The number of allylic oxidation sites excluding steroid dienone is 1. The Morgan fingerprint density at radius 1 is 1.25 bits per heavy atom. The predicted molar refractivity (Wildman–Crippen MR) is 88.6 cm³/mol. The van der Waals surface area contributed by atoms with Crippen molar-refractivity contribution in [1.82, 2.24) is 4.90 Å². The second-order valence-electron chi connectivity index (χ2n) is 6.53. The van der Waals surface area contributed by atoms with E-state index >= 15 is 0 Å². The summed E-state index contributed by atoms with van der Waals surface area (Å²) >= 11 is 0. The molecule has 11 heteroatoms. The molecule has 2 fully saturated rings. The Hall–Kier alpha value is -1.97. The molecular weight excluding hydrogens is 399 g/mol. The number of hydrogen-bond acceptors (Lipinski definition) is 7. The summed E-state index contributed by atoms with van der Waals surface area (Å²) in [5, 5.41) is 0. The van der Waals surface area contributed by atoms with Crippen LogP contribution in [0.1, 0.15) is 18.4 Å². The highest BCUT2D eigenvalue weighted by molar-refractivity contribution is 7.48. The molecule has 0 aliphatic carbocycles. The summed E-state index contributed by atoms with van der Waals surface area (Å²) < 4.78 is 60.9. The summed E-state index contributed by atoms with van der Waals surface area (Å²) in [6.07, 6.45) is -1.89. The Morgan fingerprint density at radius 3 is 2.86 bits per heavy atom. The van der Waals surface area contributed by atoms with Crippen LogP contribution in [0.25, 0.3) is 0 Å². The maximum atomic E-state index is 13.6. The molecule has 4 atom stereocenters. The minimum atomic E-state index is -3.92. The average Bonchev–Trinajstić information content (AvgIpc) is 3.06. The SMILES string of the molecule is O=C1CC(=O)N([C@H]2C[C@@H]3OP(=O)(OCc4cccc(F)c4)OC[C@H]3O2)C=C1F. The second-order valence-corrected chi connectivity index (χ2v) is 8.15. The fraction of sp³-hybridized carbons (Fsp3) is 0.412. The number of halogens is 2. The molecule has 3 aliphatic heterocycles. The monoisotopic (exact) mass is 415 g/mol. The zero-order valence-electron chi connectivity index (χ0n) is 14.5. The van der Waals surface area contributed by atoms with Crippen LogP contribution in [0.5, 0.6) is 0 Å². The quantitative estimate of drug-likeness (QED) is 0.552. The van der Waals surface area contributed by atoms with Crippen LogP contribution < -0.4 is 0 Å². The van der Waals surface area contributed by atoms with Gasteiger partial charge in [0.2, 0.25) is 11.7 Å². The van der Waals surface area contributed by atoms with E-state index in [0.717, 1.165) is 11.1 Å². The molecule has 0 saturated carbocycles. The highest BCUT2D eigenvalue weighted by Gasteiger charge is 2.49. The molecule has 8 nitrogen and oxygen atoms in total. The molecule has 150 valence electrons. The topological polar surface area (TPSA) is 91.4 Å². The number of benzene rings is 1. The minimum Gasteiger partial charge on any atom is -0.349 e. The molecule has 0 bridgehead atoms. The highest BCUT2D eigenvalue weighted by Crippen LogP contribution is 2.56. The summed E-state index contributed by atoms with van der Waals surface area (Å²) in [6.45, 7) is -0.299. The number of rotatable bonds is 4.